The topological polar surface area (TPSA) is 119 Å². The average molecular weight is 436 g/mol. The van der Waals surface area contributed by atoms with Crippen molar-refractivity contribution in [3.63, 3.8) is 0 Å². The van der Waals surface area contributed by atoms with E-state index < -0.39 is 26.9 Å². The lowest BCUT2D eigenvalue weighted by Gasteiger charge is -2.30. The number of benzene rings is 2. The second-order valence-electron chi connectivity index (χ2n) is 6.61. The maximum atomic E-state index is 13.0. The zero-order valence-electron chi connectivity index (χ0n) is 17.3. The second-order valence-corrected chi connectivity index (χ2v) is 8.47. The van der Waals surface area contributed by atoms with Gasteiger partial charge in [0.05, 0.1) is 34.7 Å². The first-order valence-corrected chi connectivity index (χ1v) is 11.2. The Bertz CT molecular complexity index is 1020. The second kappa shape index (κ2) is 9.57. The number of sulfonamides is 1. The SMILES string of the molecule is CCOc1ccc(N([C@@H](CC)C(=O)Nc2cccc([N+](=O)[O-])c2C)S(C)(=O)=O)cc1. The highest BCUT2D eigenvalue weighted by Gasteiger charge is 2.32. The largest absolute Gasteiger partial charge is 0.494 e. The zero-order valence-corrected chi connectivity index (χ0v) is 18.1. The van der Waals surface area contributed by atoms with E-state index in [0.717, 1.165) is 10.6 Å². The van der Waals surface area contributed by atoms with Gasteiger partial charge in [0, 0.05) is 6.07 Å². The highest BCUT2D eigenvalue weighted by Crippen LogP contribution is 2.28. The molecule has 0 heterocycles. The normalized spacial score (nSPS) is 12.1. The zero-order chi connectivity index (χ0) is 22.5. The summed E-state index contributed by atoms with van der Waals surface area (Å²) in [6, 6.07) is 9.69. The molecule has 2 rings (SSSR count). The van der Waals surface area contributed by atoms with Crippen molar-refractivity contribution in [1.82, 2.24) is 0 Å². The number of amides is 1. The molecule has 0 saturated heterocycles. The molecule has 0 saturated carbocycles. The minimum atomic E-state index is -3.80. The van der Waals surface area contributed by atoms with E-state index in [-0.39, 0.29) is 23.4 Å². The summed E-state index contributed by atoms with van der Waals surface area (Å²) in [6.45, 7) is 5.52. The van der Waals surface area contributed by atoms with Crippen LogP contribution in [0.2, 0.25) is 0 Å². The average Bonchev–Trinajstić information content (AvgIpc) is 2.67. The fourth-order valence-electron chi connectivity index (χ4n) is 3.09. The lowest BCUT2D eigenvalue weighted by Crippen LogP contribution is -2.47. The molecule has 0 unspecified atom stereocenters. The van der Waals surface area contributed by atoms with Crippen molar-refractivity contribution in [3.05, 3.63) is 58.1 Å². The van der Waals surface area contributed by atoms with E-state index in [1.165, 1.54) is 25.1 Å². The number of nitro groups is 1. The molecular weight excluding hydrogens is 410 g/mol. The Morgan fingerprint density at radius 1 is 1.20 bits per heavy atom. The number of anilines is 2. The van der Waals surface area contributed by atoms with Gasteiger partial charge in [-0.25, -0.2) is 8.42 Å². The monoisotopic (exact) mass is 435 g/mol. The number of carbonyl (C=O) groups excluding carboxylic acids is 1. The molecular formula is C20H25N3O6S. The predicted molar refractivity (Wildman–Crippen MR) is 115 cm³/mol. The molecule has 0 fully saturated rings. The number of carbonyl (C=O) groups is 1. The maximum Gasteiger partial charge on any atom is 0.274 e. The van der Waals surface area contributed by atoms with Crippen molar-refractivity contribution < 1.29 is 22.9 Å². The van der Waals surface area contributed by atoms with Crippen LogP contribution in [0.1, 0.15) is 25.8 Å². The molecule has 0 aliphatic rings. The van der Waals surface area contributed by atoms with Gasteiger partial charge >= 0.3 is 0 Å². The molecule has 30 heavy (non-hydrogen) atoms. The highest BCUT2D eigenvalue weighted by atomic mass is 32.2. The minimum absolute atomic E-state index is 0.132. The van der Waals surface area contributed by atoms with E-state index in [0.29, 0.717) is 18.0 Å². The van der Waals surface area contributed by atoms with Crippen molar-refractivity contribution in [2.75, 3.05) is 22.5 Å². The van der Waals surface area contributed by atoms with Gasteiger partial charge in [-0.2, -0.15) is 0 Å². The summed E-state index contributed by atoms with van der Waals surface area (Å²) in [5.41, 5.74) is 0.733. The Morgan fingerprint density at radius 3 is 2.33 bits per heavy atom. The van der Waals surface area contributed by atoms with Gasteiger partial charge in [0.2, 0.25) is 15.9 Å². The van der Waals surface area contributed by atoms with Crippen LogP contribution in [0.5, 0.6) is 5.75 Å². The summed E-state index contributed by atoms with van der Waals surface area (Å²) in [4.78, 5) is 23.6. The van der Waals surface area contributed by atoms with E-state index in [2.05, 4.69) is 5.32 Å². The standard InChI is InChI=1S/C20H25N3O6S/c1-5-18(20(24)21-17-8-7-9-19(14(17)3)23(25)26)22(30(4,27)28)15-10-12-16(13-11-15)29-6-2/h7-13,18H,5-6H2,1-4H3,(H,21,24)/t18-/m0/s1. The summed E-state index contributed by atoms with van der Waals surface area (Å²) in [5, 5.41) is 13.8. The number of rotatable bonds is 9. The molecule has 0 aromatic heterocycles. The van der Waals surface area contributed by atoms with Crippen molar-refractivity contribution >= 4 is 33.0 Å². The van der Waals surface area contributed by atoms with Gasteiger partial charge in [-0.15, -0.1) is 0 Å². The maximum absolute atomic E-state index is 13.0. The quantitative estimate of drug-likeness (QED) is 0.476. The van der Waals surface area contributed by atoms with Crippen molar-refractivity contribution in [3.8, 4) is 5.75 Å². The van der Waals surface area contributed by atoms with Crippen LogP contribution in [-0.2, 0) is 14.8 Å². The molecule has 162 valence electrons. The van der Waals surface area contributed by atoms with Crippen LogP contribution in [0.15, 0.2) is 42.5 Å². The van der Waals surface area contributed by atoms with Gasteiger partial charge in [-0.05, 0) is 50.6 Å². The Balaban J connectivity index is 2.39. The fraction of sp³-hybridized carbons (Fsp3) is 0.350. The Labute approximate surface area is 175 Å². The smallest absolute Gasteiger partial charge is 0.274 e. The molecule has 2 aromatic carbocycles. The van der Waals surface area contributed by atoms with Crippen LogP contribution < -0.4 is 14.4 Å². The molecule has 9 nitrogen and oxygen atoms in total. The minimum Gasteiger partial charge on any atom is -0.494 e. The first kappa shape index (κ1) is 23.1. The van der Waals surface area contributed by atoms with Gasteiger partial charge in [-0.1, -0.05) is 13.0 Å². The van der Waals surface area contributed by atoms with Gasteiger partial charge in [0.15, 0.2) is 0 Å². The first-order chi connectivity index (χ1) is 14.1. The van der Waals surface area contributed by atoms with Crippen molar-refractivity contribution in [2.45, 2.75) is 33.2 Å². The summed E-state index contributed by atoms with van der Waals surface area (Å²) in [7, 11) is -3.80. The number of nitrogens with zero attached hydrogens (tertiary/aromatic N) is 2. The molecule has 0 bridgehead atoms. The fourth-order valence-corrected chi connectivity index (χ4v) is 4.30. The number of nitrogens with one attached hydrogen (secondary N) is 1. The van der Waals surface area contributed by atoms with Crippen LogP contribution in [0, 0.1) is 17.0 Å². The van der Waals surface area contributed by atoms with Gasteiger partial charge < -0.3 is 10.1 Å². The molecule has 0 aliphatic heterocycles. The van der Waals surface area contributed by atoms with Gasteiger partial charge in [0.25, 0.3) is 5.69 Å². The molecule has 1 atom stereocenters. The van der Waals surface area contributed by atoms with E-state index in [9.17, 15) is 23.3 Å². The summed E-state index contributed by atoms with van der Waals surface area (Å²) >= 11 is 0. The highest BCUT2D eigenvalue weighted by molar-refractivity contribution is 7.92. The molecule has 1 amide bonds. The summed E-state index contributed by atoms with van der Waals surface area (Å²) < 4.78 is 31.5. The molecule has 0 radical (unpaired) electrons. The Kier molecular flexibility index (Phi) is 7.38. The van der Waals surface area contributed by atoms with Crippen LogP contribution in [0.25, 0.3) is 0 Å². The Morgan fingerprint density at radius 2 is 1.83 bits per heavy atom. The van der Waals surface area contributed by atoms with E-state index >= 15 is 0 Å². The third-order valence-electron chi connectivity index (χ3n) is 4.49. The Hall–Kier alpha value is -3.14. The molecule has 1 N–H and O–H groups in total. The number of hydrogen-bond acceptors (Lipinski definition) is 6. The first-order valence-electron chi connectivity index (χ1n) is 9.37. The third-order valence-corrected chi connectivity index (χ3v) is 5.67. The van der Waals surface area contributed by atoms with E-state index in [1.54, 1.807) is 31.2 Å². The van der Waals surface area contributed by atoms with E-state index in [4.69, 9.17) is 4.74 Å². The number of ether oxygens (including phenoxy) is 1. The van der Waals surface area contributed by atoms with Crippen LogP contribution >= 0.6 is 0 Å². The van der Waals surface area contributed by atoms with Crippen LogP contribution in [-0.4, -0.2) is 38.2 Å². The third kappa shape index (κ3) is 5.26. The van der Waals surface area contributed by atoms with Crippen molar-refractivity contribution in [1.29, 1.82) is 0 Å². The molecule has 0 aliphatic carbocycles. The van der Waals surface area contributed by atoms with Crippen LogP contribution in [0.4, 0.5) is 17.1 Å². The summed E-state index contributed by atoms with van der Waals surface area (Å²) in [5.74, 6) is -0.000159. The number of nitro benzene ring substituents is 1. The summed E-state index contributed by atoms with van der Waals surface area (Å²) in [6.07, 6.45) is 1.22. The predicted octanol–water partition coefficient (Wildman–Crippen LogP) is 3.49. The molecule has 10 heteroatoms. The van der Waals surface area contributed by atoms with Gasteiger partial charge in [-0.3, -0.25) is 19.2 Å². The lowest BCUT2D eigenvalue weighted by molar-refractivity contribution is -0.385. The van der Waals surface area contributed by atoms with Crippen molar-refractivity contribution in [2.24, 2.45) is 0 Å². The molecule has 0 spiro atoms. The van der Waals surface area contributed by atoms with Gasteiger partial charge in [0.1, 0.15) is 11.8 Å². The lowest BCUT2D eigenvalue weighted by atomic mass is 10.1. The molecule has 2 aromatic rings. The number of hydrogen-bond donors (Lipinski definition) is 1. The van der Waals surface area contributed by atoms with Crippen LogP contribution in [0.3, 0.4) is 0 Å². The van der Waals surface area contributed by atoms with E-state index in [1.807, 2.05) is 6.92 Å².